The molecule has 3 aliphatic rings. The largest absolute Gasteiger partial charge is 0.472 e. The fraction of sp³-hybridized carbons (Fsp3) is 0.934. The van der Waals surface area contributed by atoms with E-state index in [0.29, 0.717) is 31.1 Å². The first-order chi connectivity index (χ1) is 48.6. The van der Waals surface area contributed by atoms with Crippen molar-refractivity contribution in [1.29, 1.82) is 0 Å². The third-order valence-corrected chi connectivity index (χ3v) is 21.1. The molecule has 594 valence electrons. The zero-order valence-corrected chi connectivity index (χ0v) is 63.4. The molecule has 24 nitrogen and oxygen atoms in total. The van der Waals surface area contributed by atoms with Gasteiger partial charge in [0.25, 0.3) is 0 Å². The average Bonchev–Trinajstić information content (AvgIpc) is 0.762. The van der Waals surface area contributed by atoms with E-state index in [4.69, 9.17) is 42.2 Å². The van der Waals surface area contributed by atoms with E-state index in [-0.39, 0.29) is 19.3 Å². The van der Waals surface area contributed by atoms with Crippen LogP contribution in [0, 0.1) is 11.8 Å². The maximum atomic E-state index is 14.4. The smallest absolute Gasteiger partial charge is 0.463 e. The summed E-state index contributed by atoms with van der Waals surface area (Å²) < 4.78 is 65.2. The predicted octanol–water partition coefficient (Wildman–Crippen LogP) is 11.6. The minimum Gasteiger partial charge on any atom is -0.463 e. The Kier molecular flexibility index (Phi) is 51.5. The molecule has 2 aliphatic heterocycles. The van der Waals surface area contributed by atoms with Gasteiger partial charge in [0.05, 0.1) is 13.2 Å². The molecule has 3 fully saturated rings. The normalized spacial score (nSPS) is 27.8. The van der Waals surface area contributed by atoms with Crippen molar-refractivity contribution < 1.29 is 117 Å². The molecule has 0 aromatic heterocycles. The molecule has 1 aliphatic carbocycles. The Bertz CT molecular complexity index is 2160. The molecular formula is C76H141O24P. The van der Waals surface area contributed by atoms with Gasteiger partial charge in [-0.3, -0.25) is 23.4 Å². The first-order valence-electron chi connectivity index (χ1n) is 39.8. The van der Waals surface area contributed by atoms with Gasteiger partial charge in [-0.2, -0.15) is 0 Å². The van der Waals surface area contributed by atoms with Crippen molar-refractivity contribution in [3.8, 4) is 0 Å². The summed E-state index contributed by atoms with van der Waals surface area (Å²) in [5.41, 5.74) is 0. The molecule has 20 atom stereocenters. The number of aliphatic hydroxyl groups excluding tert-OH is 10. The summed E-state index contributed by atoms with van der Waals surface area (Å²) in [5.74, 6) is -0.622. The summed E-state index contributed by atoms with van der Waals surface area (Å²) in [4.78, 5) is 51.2. The number of phosphoric ester groups is 1. The summed E-state index contributed by atoms with van der Waals surface area (Å²) in [6.45, 7) is 8.10. The molecule has 0 spiro atoms. The Morgan fingerprint density at radius 2 is 0.752 bits per heavy atom. The number of ether oxygens (including phenoxy) is 7. The van der Waals surface area contributed by atoms with Crippen LogP contribution < -0.4 is 0 Å². The number of phosphoric acid groups is 1. The van der Waals surface area contributed by atoms with Gasteiger partial charge in [0, 0.05) is 19.3 Å². The second kappa shape index (κ2) is 56.0. The molecule has 3 rings (SSSR count). The lowest BCUT2D eigenvalue weighted by Gasteiger charge is -2.49. The van der Waals surface area contributed by atoms with Gasteiger partial charge in [0.15, 0.2) is 18.7 Å². The van der Waals surface area contributed by atoms with Crippen LogP contribution in [0.2, 0.25) is 0 Å². The highest BCUT2D eigenvalue weighted by Crippen LogP contribution is 2.49. The highest BCUT2D eigenvalue weighted by molar-refractivity contribution is 7.47. The zero-order chi connectivity index (χ0) is 74.2. The number of rotatable bonds is 61. The Labute approximate surface area is 605 Å². The quantitative estimate of drug-likeness (QED) is 0.00886. The molecule has 0 bridgehead atoms. The van der Waals surface area contributed by atoms with Gasteiger partial charge in [0.2, 0.25) is 0 Å². The van der Waals surface area contributed by atoms with Crippen molar-refractivity contribution in [1.82, 2.24) is 0 Å². The molecule has 101 heavy (non-hydrogen) atoms. The number of hydrogen-bond acceptors (Lipinski definition) is 23. The first-order valence-corrected chi connectivity index (χ1v) is 41.3. The lowest BCUT2D eigenvalue weighted by atomic mass is 9.84. The van der Waals surface area contributed by atoms with Gasteiger partial charge in [-0.05, 0) is 56.8 Å². The third-order valence-electron chi connectivity index (χ3n) is 20.1. The Balaban J connectivity index is 1.74. The number of hydrogen-bond donors (Lipinski definition) is 11. The molecule has 0 radical (unpaired) electrons. The van der Waals surface area contributed by atoms with Crippen LogP contribution in [0.5, 0.6) is 0 Å². The van der Waals surface area contributed by atoms with Crippen LogP contribution in [0.25, 0.3) is 0 Å². The second-order valence-corrected chi connectivity index (χ2v) is 30.7. The number of unbranched alkanes of at least 4 members (excludes halogenated alkanes) is 30. The van der Waals surface area contributed by atoms with Gasteiger partial charge in [-0.25, -0.2) is 4.57 Å². The summed E-state index contributed by atoms with van der Waals surface area (Å²) in [6.07, 6.45) is 12.7. The van der Waals surface area contributed by atoms with Gasteiger partial charge >= 0.3 is 25.7 Å². The number of esters is 3. The third kappa shape index (κ3) is 39.4. The lowest BCUT2D eigenvalue weighted by molar-refractivity contribution is -0.360. The molecule has 0 aromatic carbocycles. The van der Waals surface area contributed by atoms with Gasteiger partial charge in [-0.15, -0.1) is 0 Å². The standard InChI is InChI=1S/C76H141O24P/c1-6-9-12-15-18-19-20-21-22-23-24-25-34-42-49-61(79)93-54-59-64(82)66(84)71(89)76(97-59)99-73-69(87)67(85)68(86)72(98-75-70(88)65(83)63(81)58(51-77)96-75)74(73)100-101(90,91)94-53-57(95-62(80)50-43-36-29-27-33-40-47-56(5)45-38-31-17-14-11-8-3)52-92-60(78)48-41-35-28-26-32-39-46-55(4)44-37-30-16-13-10-7-2/h22-23,55-59,63-77,81-89H,6-21,24-54H2,1-5H3,(H,90,91)/b23-22-. The average molecular weight is 1470 g/mol. The summed E-state index contributed by atoms with van der Waals surface area (Å²) in [6, 6.07) is 0. The number of carbonyl (C=O) groups excluding carboxylic acids is 3. The van der Waals surface area contributed by atoms with Crippen molar-refractivity contribution in [3.05, 3.63) is 12.2 Å². The molecule has 20 unspecified atom stereocenters. The molecule has 1 saturated carbocycles. The molecule has 2 saturated heterocycles. The summed E-state index contributed by atoms with van der Waals surface area (Å²) in [5, 5.41) is 110. The number of allylic oxidation sites excluding steroid dienone is 2. The summed E-state index contributed by atoms with van der Waals surface area (Å²) >= 11 is 0. The SMILES string of the molecule is CCCCCCCCC/C=C\CCCCCC(=O)OCC1OC(OC2C(O)C(O)C(O)C(OC3OC(CO)C(O)C(O)C3O)C2OP(=O)(O)OCC(COC(=O)CCCCCCCCC(C)CCCCCCCC)OC(=O)CCCCCCCCC(C)CCCCCCCC)C(O)C(O)C1O. The van der Waals surface area contributed by atoms with E-state index in [1.54, 1.807) is 0 Å². The number of aliphatic hydroxyl groups is 10. The van der Waals surface area contributed by atoms with E-state index >= 15 is 0 Å². The molecule has 0 amide bonds. The zero-order valence-electron chi connectivity index (χ0n) is 62.5. The Morgan fingerprint density at radius 3 is 1.18 bits per heavy atom. The van der Waals surface area contributed by atoms with Gasteiger partial charge in [0.1, 0.15) is 98.7 Å². The van der Waals surface area contributed by atoms with E-state index in [0.717, 1.165) is 96.3 Å². The first kappa shape index (κ1) is 92.9. The fourth-order valence-corrected chi connectivity index (χ4v) is 14.4. The predicted molar refractivity (Wildman–Crippen MR) is 384 cm³/mol. The van der Waals surface area contributed by atoms with Gasteiger partial charge < -0.3 is 89.1 Å². The highest BCUT2D eigenvalue weighted by Gasteiger charge is 2.58. The second-order valence-electron chi connectivity index (χ2n) is 29.3. The van der Waals surface area contributed by atoms with E-state index in [9.17, 15) is 74.9 Å². The minimum atomic E-state index is -5.70. The highest BCUT2D eigenvalue weighted by atomic mass is 31.2. The molecule has 2 heterocycles. The monoisotopic (exact) mass is 1470 g/mol. The van der Waals surface area contributed by atoms with Crippen LogP contribution in [0.3, 0.4) is 0 Å². The molecule has 0 aromatic rings. The number of carbonyl (C=O) groups is 3. The Hall–Kier alpha value is -2.30. The maximum absolute atomic E-state index is 14.4. The maximum Gasteiger partial charge on any atom is 0.472 e. The summed E-state index contributed by atoms with van der Waals surface area (Å²) in [7, 11) is -5.70. The van der Waals surface area contributed by atoms with Crippen LogP contribution >= 0.6 is 7.82 Å². The van der Waals surface area contributed by atoms with Crippen molar-refractivity contribution in [3.63, 3.8) is 0 Å². The van der Waals surface area contributed by atoms with Crippen LogP contribution in [0.15, 0.2) is 12.2 Å². The van der Waals surface area contributed by atoms with E-state index in [2.05, 4.69) is 46.8 Å². The van der Waals surface area contributed by atoms with E-state index in [1.807, 2.05) is 0 Å². The van der Waals surface area contributed by atoms with Crippen LogP contribution in [0.1, 0.15) is 311 Å². The van der Waals surface area contributed by atoms with Crippen LogP contribution in [-0.2, 0) is 61.2 Å². The van der Waals surface area contributed by atoms with Crippen molar-refractivity contribution >= 4 is 25.7 Å². The van der Waals surface area contributed by atoms with E-state index in [1.165, 1.54) is 141 Å². The van der Waals surface area contributed by atoms with Gasteiger partial charge in [-0.1, -0.05) is 259 Å². The topological polar surface area (TPSA) is 374 Å². The Morgan fingerprint density at radius 1 is 0.406 bits per heavy atom. The van der Waals surface area contributed by atoms with Crippen molar-refractivity contribution in [2.24, 2.45) is 11.8 Å². The molecule has 25 heteroatoms. The van der Waals surface area contributed by atoms with Crippen LogP contribution in [-0.4, -0.2) is 204 Å². The van der Waals surface area contributed by atoms with Crippen molar-refractivity contribution in [2.75, 3.05) is 26.4 Å². The molecule has 11 N–H and O–H groups in total. The fourth-order valence-electron chi connectivity index (χ4n) is 13.4. The van der Waals surface area contributed by atoms with Crippen molar-refractivity contribution in [2.45, 2.75) is 415 Å². The van der Waals surface area contributed by atoms with E-state index < -0.39 is 156 Å². The lowest BCUT2D eigenvalue weighted by Crippen LogP contribution is -2.69. The minimum absolute atomic E-state index is 0.00884. The molecular weight excluding hydrogens is 1330 g/mol. The van der Waals surface area contributed by atoms with Crippen LogP contribution in [0.4, 0.5) is 0 Å².